The maximum Gasteiger partial charge on any atom is 0.268 e. The molecule has 0 bridgehead atoms. The first-order valence-corrected chi connectivity index (χ1v) is 5.75. The van der Waals surface area contributed by atoms with Gasteiger partial charge < -0.3 is 5.73 Å². The molecule has 1 heterocycles. The van der Waals surface area contributed by atoms with Gasteiger partial charge in [0.2, 0.25) is 0 Å². The van der Waals surface area contributed by atoms with Crippen LogP contribution in [0.25, 0.3) is 0 Å². The van der Waals surface area contributed by atoms with Crippen molar-refractivity contribution in [2.45, 2.75) is 20.4 Å². The summed E-state index contributed by atoms with van der Waals surface area (Å²) < 4.78 is 14.9. The molecule has 0 atom stereocenters. The number of nitrogens with zero attached hydrogens (tertiary/aromatic N) is 1. The Morgan fingerprint density at radius 2 is 1.95 bits per heavy atom. The number of halogens is 1. The van der Waals surface area contributed by atoms with Gasteiger partial charge in [0.1, 0.15) is 0 Å². The van der Waals surface area contributed by atoms with Crippen LogP contribution >= 0.6 is 0 Å². The second-order valence-corrected chi connectivity index (χ2v) is 4.40. The first-order valence-electron chi connectivity index (χ1n) is 5.75. The van der Waals surface area contributed by atoms with Crippen LogP contribution in [0, 0.1) is 19.7 Å². The highest BCUT2D eigenvalue weighted by molar-refractivity contribution is 5.42. The minimum Gasteiger partial charge on any atom is -0.396 e. The average molecular weight is 263 g/mol. The van der Waals surface area contributed by atoms with Gasteiger partial charge in [-0.25, -0.2) is 9.07 Å². The highest BCUT2D eigenvalue weighted by atomic mass is 19.1. The molecule has 6 heteroatoms. The normalized spacial score (nSPS) is 10.7. The topological polar surface area (TPSA) is 80.9 Å². The summed E-state index contributed by atoms with van der Waals surface area (Å²) in [6.07, 6.45) is 0. The van der Waals surface area contributed by atoms with Crippen molar-refractivity contribution in [1.29, 1.82) is 0 Å². The van der Waals surface area contributed by atoms with E-state index in [2.05, 4.69) is 5.10 Å². The zero-order valence-electron chi connectivity index (χ0n) is 10.7. The molecular formula is C13H14FN3O2. The average Bonchev–Trinajstić information content (AvgIpc) is 2.38. The molecule has 0 unspecified atom stereocenters. The third kappa shape index (κ3) is 2.29. The standard InChI is InChI=1S/C13H14FN3O2/c1-7-8(2)13(19)17(16-12(7)18)6-9-4-3-5-10(15)11(9)14/h3-5H,6,15H2,1-2H3,(H,16,18). The molecule has 1 aromatic heterocycles. The monoisotopic (exact) mass is 263 g/mol. The van der Waals surface area contributed by atoms with Crippen molar-refractivity contribution in [3.8, 4) is 0 Å². The number of hydrogen-bond donors (Lipinski definition) is 2. The van der Waals surface area contributed by atoms with Gasteiger partial charge in [0.15, 0.2) is 5.82 Å². The molecule has 0 radical (unpaired) electrons. The summed E-state index contributed by atoms with van der Waals surface area (Å²) in [6, 6.07) is 4.55. The van der Waals surface area contributed by atoms with Gasteiger partial charge in [0.05, 0.1) is 12.2 Å². The Kier molecular flexibility index (Phi) is 3.25. The quantitative estimate of drug-likeness (QED) is 0.791. The number of nitrogens with one attached hydrogen (secondary N) is 1. The Hall–Kier alpha value is -2.37. The third-order valence-electron chi connectivity index (χ3n) is 3.14. The summed E-state index contributed by atoms with van der Waals surface area (Å²) in [7, 11) is 0. The molecule has 0 aliphatic heterocycles. The summed E-state index contributed by atoms with van der Waals surface area (Å²) in [5, 5.41) is 2.42. The number of nitrogen functional groups attached to an aromatic ring is 1. The van der Waals surface area contributed by atoms with Crippen molar-refractivity contribution in [1.82, 2.24) is 9.78 Å². The molecule has 2 rings (SSSR count). The third-order valence-corrected chi connectivity index (χ3v) is 3.14. The van der Waals surface area contributed by atoms with Gasteiger partial charge in [0, 0.05) is 16.7 Å². The lowest BCUT2D eigenvalue weighted by atomic mass is 10.1. The maximum atomic E-state index is 13.8. The number of aromatic nitrogens is 2. The van der Waals surface area contributed by atoms with Crippen LogP contribution in [-0.2, 0) is 6.54 Å². The molecule has 3 N–H and O–H groups in total. The van der Waals surface area contributed by atoms with Crippen LogP contribution in [0.2, 0.25) is 0 Å². The summed E-state index contributed by atoms with van der Waals surface area (Å²) in [6.45, 7) is 3.08. The molecule has 0 aliphatic carbocycles. The Labute approximate surface area is 108 Å². The van der Waals surface area contributed by atoms with Crippen molar-refractivity contribution in [3.63, 3.8) is 0 Å². The molecule has 0 saturated heterocycles. The lowest BCUT2D eigenvalue weighted by molar-refractivity contribution is 0.567. The molecule has 0 aliphatic rings. The first kappa shape index (κ1) is 13.1. The van der Waals surface area contributed by atoms with E-state index in [0.29, 0.717) is 11.1 Å². The van der Waals surface area contributed by atoms with Crippen LogP contribution in [0.4, 0.5) is 10.1 Å². The molecule has 5 nitrogen and oxygen atoms in total. The zero-order chi connectivity index (χ0) is 14.2. The molecule has 0 saturated carbocycles. The smallest absolute Gasteiger partial charge is 0.268 e. The molecular weight excluding hydrogens is 249 g/mol. The van der Waals surface area contributed by atoms with Gasteiger partial charge in [-0.3, -0.25) is 14.7 Å². The Balaban J connectivity index is 2.54. The number of H-pyrrole nitrogens is 1. The van der Waals surface area contributed by atoms with Gasteiger partial charge in [-0.2, -0.15) is 0 Å². The predicted octanol–water partition coefficient (Wildman–Crippen LogP) is 0.923. The molecule has 100 valence electrons. The fourth-order valence-corrected chi connectivity index (χ4v) is 1.79. The predicted molar refractivity (Wildman–Crippen MR) is 70.7 cm³/mol. The van der Waals surface area contributed by atoms with Crippen molar-refractivity contribution in [2.75, 3.05) is 5.73 Å². The lowest BCUT2D eigenvalue weighted by Crippen LogP contribution is -2.33. The van der Waals surface area contributed by atoms with Crippen molar-refractivity contribution in [2.24, 2.45) is 0 Å². The van der Waals surface area contributed by atoms with E-state index in [0.717, 1.165) is 4.68 Å². The largest absolute Gasteiger partial charge is 0.396 e. The van der Waals surface area contributed by atoms with Gasteiger partial charge in [-0.1, -0.05) is 12.1 Å². The first-order chi connectivity index (χ1) is 8.91. The number of hydrogen-bond acceptors (Lipinski definition) is 3. The SMILES string of the molecule is Cc1c(C)c(=O)n(Cc2cccc(N)c2F)[nH]c1=O. The Morgan fingerprint density at radius 3 is 2.63 bits per heavy atom. The second-order valence-electron chi connectivity index (χ2n) is 4.40. The van der Waals surface area contributed by atoms with Crippen LogP contribution in [-0.4, -0.2) is 9.78 Å². The van der Waals surface area contributed by atoms with Gasteiger partial charge >= 0.3 is 0 Å². The number of nitrogens with two attached hydrogens (primary N) is 1. The van der Waals surface area contributed by atoms with Crippen LogP contribution in [0.15, 0.2) is 27.8 Å². The fraction of sp³-hybridized carbons (Fsp3) is 0.231. The summed E-state index contributed by atoms with van der Waals surface area (Å²) in [5.74, 6) is -0.575. The zero-order valence-corrected chi connectivity index (χ0v) is 10.7. The number of aromatic amines is 1. The number of rotatable bonds is 2. The molecule has 0 spiro atoms. The van der Waals surface area contributed by atoms with Crippen LogP contribution in [0.1, 0.15) is 16.7 Å². The lowest BCUT2D eigenvalue weighted by Gasteiger charge is -2.09. The highest BCUT2D eigenvalue weighted by Gasteiger charge is 2.10. The minimum absolute atomic E-state index is 0.0109. The van der Waals surface area contributed by atoms with E-state index >= 15 is 0 Å². The summed E-state index contributed by atoms with van der Waals surface area (Å²) in [5.41, 5.74) is 5.74. The molecule has 19 heavy (non-hydrogen) atoms. The highest BCUT2D eigenvalue weighted by Crippen LogP contribution is 2.14. The van der Waals surface area contributed by atoms with E-state index in [9.17, 15) is 14.0 Å². The van der Waals surface area contributed by atoms with Gasteiger partial charge in [-0.05, 0) is 19.9 Å². The van der Waals surface area contributed by atoms with Gasteiger partial charge in [-0.15, -0.1) is 0 Å². The Bertz CT molecular complexity index is 747. The van der Waals surface area contributed by atoms with Crippen molar-refractivity contribution < 1.29 is 4.39 Å². The molecule has 0 fully saturated rings. The fourth-order valence-electron chi connectivity index (χ4n) is 1.79. The van der Waals surface area contributed by atoms with Gasteiger partial charge in [0.25, 0.3) is 11.1 Å². The minimum atomic E-state index is -0.575. The van der Waals surface area contributed by atoms with E-state index in [-0.39, 0.29) is 28.9 Å². The number of benzene rings is 1. The van der Waals surface area contributed by atoms with Crippen LogP contribution < -0.4 is 16.9 Å². The summed E-state index contributed by atoms with van der Waals surface area (Å²) >= 11 is 0. The van der Waals surface area contributed by atoms with Crippen molar-refractivity contribution >= 4 is 5.69 Å². The van der Waals surface area contributed by atoms with E-state index in [1.54, 1.807) is 19.9 Å². The molecule has 0 amide bonds. The maximum absolute atomic E-state index is 13.8. The van der Waals surface area contributed by atoms with E-state index in [1.807, 2.05) is 0 Å². The van der Waals surface area contributed by atoms with Crippen LogP contribution in [0.3, 0.4) is 0 Å². The second kappa shape index (κ2) is 4.72. The van der Waals surface area contributed by atoms with E-state index in [1.165, 1.54) is 12.1 Å². The van der Waals surface area contributed by atoms with E-state index < -0.39 is 5.82 Å². The van der Waals surface area contributed by atoms with Crippen molar-refractivity contribution in [3.05, 3.63) is 61.4 Å². The van der Waals surface area contributed by atoms with E-state index in [4.69, 9.17) is 5.73 Å². The molecule has 1 aromatic carbocycles. The van der Waals surface area contributed by atoms with Crippen LogP contribution in [0.5, 0.6) is 0 Å². The Morgan fingerprint density at radius 1 is 1.26 bits per heavy atom. The number of anilines is 1. The summed E-state index contributed by atoms with van der Waals surface area (Å²) in [4.78, 5) is 23.6. The molecule has 2 aromatic rings.